The predicted octanol–water partition coefficient (Wildman–Crippen LogP) is 0.117. The highest BCUT2D eigenvalue weighted by atomic mass is 16.5. The van der Waals surface area contributed by atoms with Crippen molar-refractivity contribution in [2.24, 2.45) is 0 Å². The molecule has 24 heavy (non-hydrogen) atoms. The number of aromatic nitrogens is 1. The van der Waals surface area contributed by atoms with Gasteiger partial charge in [0.1, 0.15) is 11.4 Å². The first-order chi connectivity index (χ1) is 11.5. The molecule has 1 atom stereocenters. The lowest BCUT2D eigenvalue weighted by Gasteiger charge is -2.33. The van der Waals surface area contributed by atoms with Crippen LogP contribution in [0.25, 0.3) is 0 Å². The summed E-state index contributed by atoms with van der Waals surface area (Å²) in [6.45, 7) is 1.34. The van der Waals surface area contributed by atoms with Gasteiger partial charge in [-0.1, -0.05) is 0 Å². The Kier molecular flexibility index (Phi) is 6.10. The van der Waals surface area contributed by atoms with Gasteiger partial charge in [0, 0.05) is 33.9 Å². The molecule has 132 valence electrons. The van der Waals surface area contributed by atoms with Crippen molar-refractivity contribution >= 4 is 17.6 Å². The zero-order chi connectivity index (χ0) is 17.6. The van der Waals surface area contributed by atoms with Gasteiger partial charge in [-0.2, -0.15) is 0 Å². The lowest BCUT2D eigenvalue weighted by Crippen LogP contribution is -2.50. The van der Waals surface area contributed by atoms with Gasteiger partial charge in [0.25, 0.3) is 5.91 Å². The largest absolute Gasteiger partial charge is 0.377 e. The number of pyridine rings is 1. The minimum atomic E-state index is -0.867. The van der Waals surface area contributed by atoms with Crippen LogP contribution in [-0.2, 0) is 14.3 Å². The molecule has 1 saturated heterocycles. The molecule has 1 aromatic heterocycles. The summed E-state index contributed by atoms with van der Waals surface area (Å²) in [4.78, 5) is 30.6. The first-order valence-electron chi connectivity index (χ1n) is 7.81. The number of hydrogen-bond donors (Lipinski definition) is 2. The van der Waals surface area contributed by atoms with Crippen LogP contribution in [0, 0.1) is 0 Å². The Morgan fingerprint density at radius 1 is 1.46 bits per heavy atom. The van der Waals surface area contributed by atoms with Gasteiger partial charge in [0.2, 0.25) is 5.91 Å². The van der Waals surface area contributed by atoms with Gasteiger partial charge in [-0.3, -0.25) is 9.59 Å². The number of ether oxygens (including phenoxy) is 2. The summed E-state index contributed by atoms with van der Waals surface area (Å²) in [5.41, 5.74) is -0.388. The van der Waals surface area contributed by atoms with E-state index in [9.17, 15) is 9.59 Å². The lowest BCUT2D eigenvalue weighted by molar-refractivity contribution is -0.131. The maximum Gasteiger partial charge on any atom is 0.257 e. The van der Waals surface area contributed by atoms with Crippen LogP contribution in [0.4, 0.5) is 5.82 Å². The summed E-state index contributed by atoms with van der Waals surface area (Å²) in [7, 11) is 4.82. The van der Waals surface area contributed by atoms with Gasteiger partial charge >= 0.3 is 0 Å². The van der Waals surface area contributed by atoms with Gasteiger partial charge in [-0.05, 0) is 12.1 Å². The van der Waals surface area contributed by atoms with E-state index in [-0.39, 0.29) is 31.4 Å². The Labute approximate surface area is 141 Å². The van der Waals surface area contributed by atoms with Crippen LogP contribution in [0.1, 0.15) is 16.8 Å². The topological polar surface area (TPSA) is 92.8 Å². The molecule has 0 saturated carbocycles. The van der Waals surface area contributed by atoms with Crippen molar-refractivity contribution in [1.29, 1.82) is 0 Å². The fourth-order valence-corrected chi connectivity index (χ4v) is 2.71. The molecule has 0 bridgehead atoms. The van der Waals surface area contributed by atoms with E-state index in [4.69, 9.17) is 9.47 Å². The van der Waals surface area contributed by atoms with Gasteiger partial charge < -0.3 is 25.0 Å². The maximum atomic E-state index is 12.9. The second-order valence-corrected chi connectivity index (χ2v) is 5.67. The lowest BCUT2D eigenvalue weighted by atomic mass is 9.98. The molecule has 8 heteroatoms. The number of nitrogens with one attached hydrogen (secondary N) is 2. The molecule has 1 aliphatic heterocycles. The smallest absolute Gasteiger partial charge is 0.257 e. The van der Waals surface area contributed by atoms with E-state index < -0.39 is 5.60 Å². The van der Waals surface area contributed by atoms with Crippen LogP contribution in [-0.4, -0.2) is 74.8 Å². The zero-order valence-corrected chi connectivity index (χ0v) is 14.3. The zero-order valence-electron chi connectivity index (χ0n) is 14.3. The molecule has 2 rings (SSSR count). The highest BCUT2D eigenvalue weighted by Crippen LogP contribution is 2.23. The molecule has 1 fully saturated rings. The van der Waals surface area contributed by atoms with Crippen LogP contribution < -0.4 is 10.6 Å². The molecular formula is C16H24N4O4. The van der Waals surface area contributed by atoms with E-state index in [1.165, 1.54) is 7.11 Å². The minimum Gasteiger partial charge on any atom is -0.377 e. The number of carbonyl (C=O) groups excluding carboxylic acids is 2. The quantitative estimate of drug-likeness (QED) is 0.793. The number of anilines is 1. The molecule has 0 aliphatic carbocycles. The Bertz CT molecular complexity index is 595. The van der Waals surface area contributed by atoms with Crippen LogP contribution in [0.5, 0.6) is 0 Å². The Morgan fingerprint density at radius 2 is 2.25 bits per heavy atom. The Morgan fingerprint density at radius 3 is 2.92 bits per heavy atom. The number of amides is 2. The molecule has 8 nitrogen and oxygen atoms in total. The van der Waals surface area contributed by atoms with E-state index in [1.807, 2.05) is 0 Å². The molecule has 0 spiro atoms. The van der Waals surface area contributed by atoms with Gasteiger partial charge in [-0.25, -0.2) is 4.98 Å². The summed E-state index contributed by atoms with van der Waals surface area (Å²) >= 11 is 0. The molecule has 1 aromatic rings. The molecule has 2 amide bonds. The van der Waals surface area contributed by atoms with Crippen LogP contribution in [0.15, 0.2) is 18.3 Å². The van der Waals surface area contributed by atoms with Gasteiger partial charge in [0.15, 0.2) is 0 Å². The Hall–Kier alpha value is -2.19. The van der Waals surface area contributed by atoms with Crippen molar-refractivity contribution in [2.75, 3.05) is 52.8 Å². The van der Waals surface area contributed by atoms with Crippen molar-refractivity contribution in [1.82, 2.24) is 15.2 Å². The molecule has 2 N–H and O–H groups in total. The summed E-state index contributed by atoms with van der Waals surface area (Å²) in [5, 5.41) is 5.51. The summed E-state index contributed by atoms with van der Waals surface area (Å²) in [6, 6.07) is 3.44. The molecule has 0 radical (unpaired) electrons. The number of rotatable bonds is 5. The van der Waals surface area contributed by atoms with Crippen molar-refractivity contribution < 1.29 is 19.1 Å². The molecule has 0 unspecified atom stereocenters. The molecular weight excluding hydrogens is 312 g/mol. The average molecular weight is 336 g/mol. The summed E-state index contributed by atoms with van der Waals surface area (Å²) in [6.07, 6.45) is 1.74. The minimum absolute atomic E-state index is 0.121. The van der Waals surface area contributed by atoms with Crippen molar-refractivity contribution in [3.05, 3.63) is 23.9 Å². The molecule has 1 aliphatic rings. The van der Waals surface area contributed by atoms with E-state index in [1.54, 1.807) is 37.3 Å². The maximum absolute atomic E-state index is 12.9. The third-order valence-electron chi connectivity index (χ3n) is 4.11. The predicted molar refractivity (Wildman–Crippen MR) is 88.9 cm³/mol. The standard InChI is InChI=1S/C16H24N4O4/c1-17-13(21)9-16(23-3)10-20(7-8-24-11-16)15(22)12-5-4-6-19-14(12)18-2/h4-6H,7-11H2,1-3H3,(H,17,21)(H,18,19)/t16-/m1/s1. The normalized spacial score (nSPS) is 21.0. The van der Waals surface area contributed by atoms with Gasteiger partial charge in [-0.15, -0.1) is 0 Å². The van der Waals surface area contributed by atoms with E-state index >= 15 is 0 Å². The second kappa shape index (κ2) is 8.07. The van der Waals surface area contributed by atoms with Crippen molar-refractivity contribution in [3.63, 3.8) is 0 Å². The fourth-order valence-electron chi connectivity index (χ4n) is 2.71. The number of nitrogens with zero attached hydrogens (tertiary/aromatic N) is 2. The number of hydrogen-bond acceptors (Lipinski definition) is 6. The Balaban J connectivity index is 2.25. The second-order valence-electron chi connectivity index (χ2n) is 5.67. The van der Waals surface area contributed by atoms with Gasteiger partial charge in [0.05, 0.1) is 31.7 Å². The molecule has 0 aromatic carbocycles. The SMILES string of the molecule is CNC(=O)C[C@]1(OC)COCCN(C(=O)c2cccnc2NC)C1. The van der Waals surface area contributed by atoms with E-state index in [0.717, 1.165) is 0 Å². The third kappa shape index (κ3) is 4.01. The van der Waals surface area contributed by atoms with E-state index in [2.05, 4.69) is 15.6 Å². The van der Waals surface area contributed by atoms with E-state index in [0.29, 0.717) is 24.5 Å². The number of methoxy groups -OCH3 is 1. The summed E-state index contributed by atoms with van der Waals surface area (Å²) < 4.78 is 11.2. The van der Waals surface area contributed by atoms with Crippen LogP contribution in [0.3, 0.4) is 0 Å². The number of carbonyl (C=O) groups is 2. The average Bonchev–Trinajstić information content (AvgIpc) is 2.84. The first kappa shape index (κ1) is 18.2. The van der Waals surface area contributed by atoms with Crippen molar-refractivity contribution in [3.8, 4) is 0 Å². The van der Waals surface area contributed by atoms with Crippen LogP contribution >= 0.6 is 0 Å². The van der Waals surface area contributed by atoms with Crippen molar-refractivity contribution in [2.45, 2.75) is 12.0 Å². The third-order valence-corrected chi connectivity index (χ3v) is 4.11. The fraction of sp³-hybridized carbons (Fsp3) is 0.562. The first-order valence-corrected chi connectivity index (χ1v) is 7.81. The highest BCUT2D eigenvalue weighted by molar-refractivity contribution is 5.98. The van der Waals surface area contributed by atoms with Crippen LogP contribution in [0.2, 0.25) is 0 Å². The summed E-state index contributed by atoms with van der Waals surface area (Å²) in [5.74, 6) is 0.185. The molecule has 2 heterocycles. The monoisotopic (exact) mass is 336 g/mol. The highest BCUT2D eigenvalue weighted by Gasteiger charge is 2.39.